The largest absolute Gasteiger partial charge is 0.480 e. The normalized spacial score (nSPS) is 15.1. The maximum absolute atomic E-state index is 13.2. The summed E-state index contributed by atoms with van der Waals surface area (Å²) in [6.07, 6.45) is 2.33. The average molecular weight is 316 g/mol. The van der Waals surface area contributed by atoms with Crippen molar-refractivity contribution in [3.63, 3.8) is 0 Å². The van der Waals surface area contributed by atoms with Crippen LogP contribution in [0.3, 0.4) is 0 Å². The molecule has 0 radical (unpaired) electrons. The van der Waals surface area contributed by atoms with Crippen LogP contribution in [0.2, 0.25) is 0 Å². The Hall–Kier alpha value is -0.940. The molecule has 18 heavy (non-hydrogen) atoms. The highest BCUT2D eigenvalue weighted by molar-refractivity contribution is 9.10. The van der Waals surface area contributed by atoms with Gasteiger partial charge in [0.2, 0.25) is 0 Å². The molecular formula is C13H15BrFNO2. The minimum Gasteiger partial charge on any atom is -0.480 e. The van der Waals surface area contributed by atoms with Gasteiger partial charge in [0.15, 0.2) is 0 Å². The Bertz CT molecular complexity index is 449. The van der Waals surface area contributed by atoms with Gasteiger partial charge in [0.05, 0.1) is 6.54 Å². The number of nitrogens with zero attached hydrogens (tertiary/aromatic N) is 1. The van der Waals surface area contributed by atoms with Crippen molar-refractivity contribution in [1.82, 2.24) is 4.90 Å². The van der Waals surface area contributed by atoms with E-state index in [1.165, 1.54) is 25.0 Å². The highest BCUT2D eigenvalue weighted by atomic mass is 79.9. The smallest absolute Gasteiger partial charge is 0.317 e. The van der Waals surface area contributed by atoms with Crippen LogP contribution in [0.25, 0.3) is 0 Å². The second-order valence-corrected chi connectivity index (χ2v) is 5.60. The summed E-state index contributed by atoms with van der Waals surface area (Å²) in [5.41, 5.74) is 0.789. The van der Waals surface area contributed by atoms with E-state index in [1.807, 2.05) is 4.90 Å². The second-order valence-electron chi connectivity index (χ2n) is 4.74. The van der Waals surface area contributed by atoms with Crippen molar-refractivity contribution in [2.45, 2.75) is 19.4 Å². The third-order valence-electron chi connectivity index (χ3n) is 2.97. The van der Waals surface area contributed by atoms with Crippen LogP contribution in [-0.2, 0) is 11.3 Å². The summed E-state index contributed by atoms with van der Waals surface area (Å²) < 4.78 is 14.0. The van der Waals surface area contributed by atoms with Gasteiger partial charge in [0.25, 0.3) is 0 Å². The first-order valence-electron chi connectivity index (χ1n) is 5.92. The molecule has 5 heteroatoms. The highest BCUT2D eigenvalue weighted by Gasteiger charge is 2.25. The summed E-state index contributed by atoms with van der Waals surface area (Å²) in [5.74, 6) is -0.533. The summed E-state index contributed by atoms with van der Waals surface area (Å²) in [7, 11) is 0. The second kappa shape index (κ2) is 5.80. The third kappa shape index (κ3) is 4.07. The van der Waals surface area contributed by atoms with Crippen LogP contribution < -0.4 is 0 Å². The number of aliphatic carboxylic acids is 1. The van der Waals surface area contributed by atoms with Gasteiger partial charge in [-0.1, -0.05) is 15.9 Å². The molecule has 0 aliphatic heterocycles. The molecule has 1 aliphatic rings. The fraction of sp³-hybridized carbons (Fsp3) is 0.462. The number of rotatable bonds is 6. The SMILES string of the molecule is O=C(O)CN(Cc1cc(F)ccc1Br)CC1CC1. The van der Waals surface area contributed by atoms with Crippen molar-refractivity contribution in [3.05, 3.63) is 34.1 Å². The van der Waals surface area contributed by atoms with Crippen molar-refractivity contribution in [2.24, 2.45) is 5.92 Å². The van der Waals surface area contributed by atoms with Gasteiger partial charge in [0.1, 0.15) is 5.82 Å². The number of benzene rings is 1. The first-order valence-corrected chi connectivity index (χ1v) is 6.72. The van der Waals surface area contributed by atoms with Crippen molar-refractivity contribution < 1.29 is 14.3 Å². The summed E-state index contributed by atoms with van der Waals surface area (Å²) in [4.78, 5) is 12.7. The zero-order valence-electron chi connectivity index (χ0n) is 9.90. The number of carboxylic acids is 1. The first kappa shape index (κ1) is 13.5. The maximum Gasteiger partial charge on any atom is 0.317 e. The number of hydrogen-bond donors (Lipinski definition) is 1. The van der Waals surface area contributed by atoms with Crippen LogP contribution in [0.4, 0.5) is 4.39 Å². The zero-order chi connectivity index (χ0) is 13.1. The Morgan fingerprint density at radius 3 is 2.83 bits per heavy atom. The van der Waals surface area contributed by atoms with Crippen molar-refractivity contribution in [1.29, 1.82) is 0 Å². The predicted octanol–water partition coefficient (Wildman–Crippen LogP) is 2.88. The van der Waals surface area contributed by atoms with E-state index >= 15 is 0 Å². The average Bonchev–Trinajstić information content (AvgIpc) is 3.06. The maximum atomic E-state index is 13.2. The third-order valence-corrected chi connectivity index (χ3v) is 3.75. The predicted molar refractivity (Wildman–Crippen MR) is 69.7 cm³/mol. The van der Waals surface area contributed by atoms with Gasteiger partial charge in [-0.25, -0.2) is 4.39 Å². The molecule has 1 fully saturated rings. The van der Waals surface area contributed by atoms with Gasteiger partial charge in [0, 0.05) is 17.6 Å². The molecule has 1 aromatic carbocycles. The Morgan fingerprint density at radius 2 is 2.22 bits per heavy atom. The molecule has 98 valence electrons. The van der Waals surface area contributed by atoms with Gasteiger partial charge < -0.3 is 5.11 Å². The van der Waals surface area contributed by atoms with Crippen molar-refractivity contribution >= 4 is 21.9 Å². The molecule has 0 bridgehead atoms. The van der Waals surface area contributed by atoms with Crippen molar-refractivity contribution in [2.75, 3.05) is 13.1 Å². The lowest BCUT2D eigenvalue weighted by atomic mass is 10.2. The number of carboxylic acid groups (broad SMARTS) is 1. The minimum absolute atomic E-state index is 0.000542. The zero-order valence-corrected chi connectivity index (χ0v) is 11.5. The lowest BCUT2D eigenvalue weighted by molar-refractivity contribution is -0.138. The summed E-state index contributed by atoms with van der Waals surface area (Å²) in [6, 6.07) is 4.49. The molecule has 0 saturated heterocycles. The molecule has 0 heterocycles. The fourth-order valence-corrected chi connectivity index (χ4v) is 2.32. The van der Waals surface area contributed by atoms with Gasteiger partial charge in [-0.2, -0.15) is 0 Å². The van der Waals surface area contributed by atoms with E-state index in [9.17, 15) is 9.18 Å². The molecule has 3 nitrogen and oxygen atoms in total. The Kier molecular flexibility index (Phi) is 4.35. The number of halogens is 2. The summed E-state index contributed by atoms with van der Waals surface area (Å²) in [6.45, 7) is 1.23. The van der Waals surface area contributed by atoms with Crippen LogP contribution in [0, 0.1) is 11.7 Å². The van der Waals surface area contributed by atoms with Crippen LogP contribution in [-0.4, -0.2) is 29.1 Å². The van der Waals surface area contributed by atoms with Gasteiger partial charge >= 0.3 is 5.97 Å². The monoisotopic (exact) mass is 315 g/mol. The van der Waals surface area contributed by atoms with Gasteiger partial charge in [-0.05, 0) is 42.5 Å². The van der Waals surface area contributed by atoms with Crippen molar-refractivity contribution in [3.8, 4) is 0 Å². The van der Waals surface area contributed by atoms with Gasteiger partial charge in [-0.3, -0.25) is 9.69 Å². The summed E-state index contributed by atoms with van der Waals surface area (Å²) in [5, 5.41) is 8.89. The van der Waals surface area contributed by atoms with Gasteiger partial charge in [-0.15, -0.1) is 0 Å². The quantitative estimate of drug-likeness (QED) is 0.877. The van der Waals surface area contributed by atoms with Crippen LogP contribution in [0.1, 0.15) is 18.4 Å². The van der Waals surface area contributed by atoms with E-state index in [4.69, 9.17) is 5.11 Å². The number of hydrogen-bond acceptors (Lipinski definition) is 2. The van der Waals surface area contributed by atoms with Crippen LogP contribution in [0.15, 0.2) is 22.7 Å². The molecule has 0 atom stereocenters. The van der Waals surface area contributed by atoms with E-state index in [2.05, 4.69) is 15.9 Å². The molecule has 1 N–H and O–H groups in total. The van der Waals surface area contributed by atoms with E-state index < -0.39 is 5.97 Å². The molecule has 2 rings (SSSR count). The fourth-order valence-electron chi connectivity index (χ4n) is 1.95. The topological polar surface area (TPSA) is 40.5 Å². The van der Waals surface area contributed by atoms with Crippen LogP contribution >= 0.6 is 15.9 Å². The Morgan fingerprint density at radius 1 is 1.50 bits per heavy atom. The highest BCUT2D eigenvalue weighted by Crippen LogP contribution is 2.30. The summed E-state index contributed by atoms with van der Waals surface area (Å²) >= 11 is 3.37. The van der Waals surface area contributed by atoms with E-state index in [1.54, 1.807) is 6.07 Å². The first-order chi connectivity index (χ1) is 8.54. The standard InChI is InChI=1S/C13H15BrFNO2/c14-12-4-3-11(15)5-10(12)7-16(8-13(17)18)6-9-1-2-9/h3-5,9H,1-2,6-8H2,(H,17,18). The molecule has 1 saturated carbocycles. The lowest BCUT2D eigenvalue weighted by Crippen LogP contribution is -2.31. The Labute approximate surface area is 114 Å². The molecule has 1 aromatic rings. The molecule has 0 unspecified atom stereocenters. The lowest BCUT2D eigenvalue weighted by Gasteiger charge is -2.20. The minimum atomic E-state index is -0.844. The molecule has 0 amide bonds. The Balaban J connectivity index is 2.05. The van der Waals surface area contributed by atoms with E-state index in [0.717, 1.165) is 16.6 Å². The molecular weight excluding hydrogens is 301 g/mol. The molecule has 0 spiro atoms. The number of carbonyl (C=O) groups is 1. The molecule has 1 aliphatic carbocycles. The van der Waals surface area contributed by atoms with E-state index in [-0.39, 0.29) is 12.4 Å². The van der Waals surface area contributed by atoms with Crippen LogP contribution in [0.5, 0.6) is 0 Å². The molecule has 0 aromatic heterocycles. The van der Waals surface area contributed by atoms with E-state index in [0.29, 0.717) is 12.5 Å².